The lowest BCUT2D eigenvalue weighted by molar-refractivity contribution is 1.07. The third-order valence-corrected chi connectivity index (χ3v) is 2.17. The number of benzene rings is 1. The van der Waals surface area contributed by atoms with Crippen LogP contribution >= 0.6 is 23.2 Å². The van der Waals surface area contributed by atoms with Gasteiger partial charge < -0.3 is 11.5 Å². The first-order chi connectivity index (χ1) is 5.15. The zero-order chi connectivity index (χ0) is 8.43. The van der Waals surface area contributed by atoms with E-state index in [4.69, 9.17) is 34.7 Å². The monoisotopic (exact) mass is 190 g/mol. The van der Waals surface area contributed by atoms with Crippen LogP contribution in [0.25, 0.3) is 0 Å². The van der Waals surface area contributed by atoms with Gasteiger partial charge in [0.1, 0.15) is 0 Å². The normalized spacial score (nSPS) is 10.1. The Kier molecular flexibility index (Phi) is 2.60. The van der Waals surface area contributed by atoms with Crippen molar-refractivity contribution < 1.29 is 0 Å². The van der Waals surface area contributed by atoms with Crippen LogP contribution in [0.15, 0.2) is 12.1 Å². The second-order valence-electron chi connectivity index (χ2n) is 2.18. The molecule has 0 unspecified atom stereocenters. The van der Waals surface area contributed by atoms with Crippen LogP contribution in [0.4, 0.5) is 5.69 Å². The maximum absolute atomic E-state index is 5.73. The highest BCUT2D eigenvalue weighted by Gasteiger charge is 2.02. The molecule has 0 aliphatic carbocycles. The van der Waals surface area contributed by atoms with Crippen molar-refractivity contribution in [1.82, 2.24) is 0 Å². The molecule has 2 nitrogen and oxygen atoms in total. The van der Waals surface area contributed by atoms with Crippen molar-refractivity contribution in [2.75, 3.05) is 5.73 Å². The minimum atomic E-state index is 0.392. The molecular formula is C7H8Cl2N2. The van der Waals surface area contributed by atoms with Gasteiger partial charge in [0, 0.05) is 6.54 Å². The van der Waals surface area contributed by atoms with Crippen LogP contribution in [0.5, 0.6) is 0 Å². The standard InChI is InChI=1S/C7H8Cl2N2/c8-5-1-4(3-10)2-6(11)7(5)9/h1-2H,3,10-11H2. The van der Waals surface area contributed by atoms with Crippen LogP contribution in [-0.2, 0) is 6.54 Å². The highest BCUT2D eigenvalue weighted by atomic mass is 35.5. The van der Waals surface area contributed by atoms with Crippen LogP contribution in [0.2, 0.25) is 10.0 Å². The van der Waals surface area contributed by atoms with E-state index in [1.54, 1.807) is 12.1 Å². The quantitative estimate of drug-likeness (QED) is 0.667. The summed E-state index contributed by atoms with van der Waals surface area (Å²) in [6.07, 6.45) is 0. The van der Waals surface area contributed by atoms with E-state index in [-0.39, 0.29) is 0 Å². The van der Waals surface area contributed by atoms with Gasteiger partial charge in [-0.25, -0.2) is 0 Å². The van der Waals surface area contributed by atoms with Crippen molar-refractivity contribution >= 4 is 28.9 Å². The molecule has 0 spiro atoms. The zero-order valence-corrected chi connectivity index (χ0v) is 7.28. The lowest BCUT2D eigenvalue weighted by atomic mass is 10.2. The Bertz CT molecular complexity index is 250. The van der Waals surface area contributed by atoms with Gasteiger partial charge in [0.2, 0.25) is 0 Å². The molecule has 0 aromatic heterocycles. The predicted molar refractivity (Wildman–Crippen MR) is 48.8 cm³/mol. The van der Waals surface area contributed by atoms with E-state index in [2.05, 4.69) is 0 Å². The van der Waals surface area contributed by atoms with Crippen LogP contribution in [0.3, 0.4) is 0 Å². The second-order valence-corrected chi connectivity index (χ2v) is 2.97. The number of anilines is 1. The van der Waals surface area contributed by atoms with Crippen molar-refractivity contribution in [2.45, 2.75) is 6.54 Å². The van der Waals surface area contributed by atoms with Crippen molar-refractivity contribution in [3.63, 3.8) is 0 Å². The van der Waals surface area contributed by atoms with Crippen LogP contribution in [0.1, 0.15) is 5.56 Å². The van der Waals surface area contributed by atoms with E-state index in [1.165, 1.54) is 0 Å². The van der Waals surface area contributed by atoms with Gasteiger partial charge in [-0.15, -0.1) is 0 Å². The Morgan fingerprint density at radius 2 is 1.91 bits per heavy atom. The lowest BCUT2D eigenvalue weighted by Gasteiger charge is -2.03. The summed E-state index contributed by atoms with van der Waals surface area (Å²) in [5.74, 6) is 0. The summed E-state index contributed by atoms with van der Waals surface area (Å²) in [6.45, 7) is 0.418. The first-order valence-electron chi connectivity index (χ1n) is 3.08. The summed E-state index contributed by atoms with van der Waals surface area (Å²) in [6, 6.07) is 3.43. The molecule has 0 aliphatic heterocycles. The maximum Gasteiger partial charge on any atom is 0.0821 e. The summed E-state index contributed by atoms with van der Waals surface area (Å²) in [4.78, 5) is 0. The van der Waals surface area contributed by atoms with Crippen molar-refractivity contribution in [3.8, 4) is 0 Å². The average Bonchev–Trinajstić information content (AvgIpc) is 1.99. The highest BCUT2D eigenvalue weighted by molar-refractivity contribution is 6.43. The van der Waals surface area contributed by atoms with Crippen molar-refractivity contribution in [2.24, 2.45) is 5.73 Å². The maximum atomic E-state index is 5.73. The lowest BCUT2D eigenvalue weighted by Crippen LogP contribution is -1.98. The van der Waals surface area contributed by atoms with Gasteiger partial charge in [-0.1, -0.05) is 23.2 Å². The Labute approximate surface area is 75.1 Å². The number of hydrogen-bond donors (Lipinski definition) is 2. The molecular weight excluding hydrogens is 183 g/mol. The first-order valence-corrected chi connectivity index (χ1v) is 3.84. The molecule has 60 valence electrons. The predicted octanol–water partition coefficient (Wildman–Crippen LogP) is 2.03. The van der Waals surface area contributed by atoms with Crippen LogP contribution in [0, 0.1) is 0 Å². The summed E-state index contributed by atoms with van der Waals surface area (Å²) < 4.78 is 0. The smallest absolute Gasteiger partial charge is 0.0821 e. The summed E-state index contributed by atoms with van der Waals surface area (Å²) in [5, 5.41) is 0.844. The number of hydrogen-bond acceptors (Lipinski definition) is 2. The molecule has 1 rings (SSSR count). The molecule has 0 atom stereocenters. The van der Waals surface area contributed by atoms with Crippen LogP contribution < -0.4 is 11.5 Å². The fourth-order valence-electron chi connectivity index (χ4n) is 0.787. The fraction of sp³-hybridized carbons (Fsp3) is 0.143. The van der Waals surface area contributed by atoms with Crippen molar-refractivity contribution in [3.05, 3.63) is 27.7 Å². The molecule has 0 amide bonds. The van der Waals surface area contributed by atoms with Gasteiger partial charge in [0.05, 0.1) is 15.7 Å². The number of nitrogen functional groups attached to an aromatic ring is 1. The molecule has 1 aromatic rings. The Morgan fingerprint density at radius 1 is 1.27 bits per heavy atom. The number of nitrogens with two attached hydrogens (primary N) is 2. The van der Waals surface area contributed by atoms with E-state index in [9.17, 15) is 0 Å². The molecule has 0 heterocycles. The van der Waals surface area contributed by atoms with E-state index in [0.717, 1.165) is 5.56 Å². The largest absolute Gasteiger partial charge is 0.397 e. The molecule has 0 bridgehead atoms. The minimum absolute atomic E-state index is 0.392. The Hall–Kier alpha value is -0.440. The van der Waals surface area contributed by atoms with E-state index < -0.39 is 0 Å². The molecule has 0 radical (unpaired) electrons. The Balaban J connectivity index is 3.21. The fourth-order valence-corrected chi connectivity index (χ4v) is 1.14. The van der Waals surface area contributed by atoms with Gasteiger partial charge in [-0.2, -0.15) is 0 Å². The Morgan fingerprint density at radius 3 is 2.36 bits per heavy atom. The van der Waals surface area contributed by atoms with Crippen LogP contribution in [-0.4, -0.2) is 0 Å². The zero-order valence-electron chi connectivity index (χ0n) is 5.77. The SMILES string of the molecule is NCc1cc(N)c(Cl)c(Cl)c1. The molecule has 4 N–H and O–H groups in total. The molecule has 0 aliphatic rings. The highest BCUT2D eigenvalue weighted by Crippen LogP contribution is 2.28. The average molecular weight is 191 g/mol. The topological polar surface area (TPSA) is 52.0 Å². The van der Waals surface area contributed by atoms with Gasteiger partial charge >= 0.3 is 0 Å². The molecule has 4 heteroatoms. The van der Waals surface area contributed by atoms with E-state index in [0.29, 0.717) is 22.3 Å². The van der Waals surface area contributed by atoms with E-state index in [1.807, 2.05) is 0 Å². The molecule has 0 saturated carbocycles. The van der Waals surface area contributed by atoms with Gasteiger partial charge in [0.25, 0.3) is 0 Å². The van der Waals surface area contributed by atoms with Gasteiger partial charge in [0.15, 0.2) is 0 Å². The van der Waals surface area contributed by atoms with Crippen molar-refractivity contribution in [1.29, 1.82) is 0 Å². The second kappa shape index (κ2) is 3.30. The summed E-state index contributed by atoms with van der Waals surface area (Å²) >= 11 is 11.4. The molecule has 11 heavy (non-hydrogen) atoms. The third kappa shape index (κ3) is 1.77. The van der Waals surface area contributed by atoms with E-state index >= 15 is 0 Å². The molecule has 0 saturated heterocycles. The number of rotatable bonds is 1. The summed E-state index contributed by atoms with van der Waals surface area (Å²) in [5.41, 5.74) is 12.3. The first kappa shape index (κ1) is 8.65. The third-order valence-electron chi connectivity index (χ3n) is 1.35. The number of halogens is 2. The minimum Gasteiger partial charge on any atom is -0.397 e. The van der Waals surface area contributed by atoms with Gasteiger partial charge in [-0.05, 0) is 17.7 Å². The molecule has 1 aromatic carbocycles. The molecule has 0 fully saturated rings. The van der Waals surface area contributed by atoms with Gasteiger partial charge in [-0.3, -0.25) is 0 Å². The summed E-state index contributed by atoms with van der Waals surface area (Å²) in [7, 11) is 0.